The molecule has 0 saturated carbocycles. The van der Waals surface area contributed by atoms with E-state index < -0.39 is 10.7 Å². The van der Waals surface area contributed by atoms with Gasteiger partial charge >= 0.3 is 5.97 Å². The van der Waals surface area contributed by atoms with Crippen LogP contribution in [0.15, 0.2) is 0 Å². The fourth-order valence-corrected chi connectivity index (χ4v) is 3.13. The minimum Gasteiger partial charge on any atom is -0.480 e. The lowest BCUT2D eigenvalue weighted by Crippen LogP contribution is -2.27. The van der Waals surface area contributed by atoms with E-state index >= 15 is 0 Å². The van der Waals surface area contributed by atoms with Crippen molar-refractivity contribution in [3.8, 4) is 0 Å². The second kappa shape index (κ2) is 10.6. The van der Waals surface area contributed by atoms with Gasteiger partial charge in [-0.2, -0.15) is 0 Å². The second-order valence-electron chi connectivity index (χ2n) is 5.93. The Labute approximate surface area is 123 Å². The average molecular weight is 288 g/mol. The lowest BCUT2D eigenvalue weighted by Gasteiger charge is -2.18. The van der Waals surface area contributed by atoms with Crippen molar-refractivity contribution in [3.63, 3.8) is 0 Å². The molecule has 0 aliphatic carbocycles. The maximum Gasteiger partial charge on any atom is 0.319 e. The minimum absolute atomic E-state index is 0.632. The van der Waals surface area contributed by atoms with Gasteiger partial charge in [-0.3, -0.25) is 4.79 Å². The minimum atomic E-state index is -0.705. The third-order valence-corrected chi connectivity index (χ3v) is 5.17. The van der Waals surface area contributed by atoms with Gasteiger partial charge in [0.25, 0.3) is 0 Å². The van der Waals surface area contributed by atoms with Crippen LogP contribution in [-0.2, 0) is 4.79 Å². The highest BCUT2D eigenvalue weighted by atomic mass is 32.2. The SMILES string of the molecule is CCCCC(CC)CCCCCSC(C)(C)C(=O)O. The van der Waals surface area contributed by atoms with E-state index in [9.17, 15) is 4.79 Å². The molecule has 0 saturated heterocycles. The van der Waals surface area contributed by atoms with Crippen molar-refractivity contribution in [1.82, 2.24) is 0 Å². The van der Waals surface area contributed by atoms with Gasteiger partial charge in [-0.25, -0.2) is 0 Å². The Morgan fingerprint density at radius 1 is 1.11 bits per heavy atom. The summed E-state index contributed by atoms with van der Waals surface area (Å²) >= 11 is 1.57. The summed E-state index contributed by atoms with van der Waals surface area (Å²) < 4.78 is -0.632. The molecule has 0 aromatic heterocycles. The molecule has 0 aromatic carbocycles. The molecule has 0 radical (unpaired) electrons. The summed E-state index contributed by atoms with van der Waals surface area (Å²) in [7, 11) is 0. The predicted octanol–water partition coefficient (Wildman–Crippen LogP) is 5.36. The molecule has 0 bridgehead atoms. The Kier molecular flexibility index (Phi) is 10.5. The van der Waals surface area contributed by atoms with E-state index in [2.05, 4.69) is 13.8 Å². The molecule has 0 fully saturated rings. The van der Waals surface area contributed by atoms with Crippen molar-refractivity contribution >= 4 is 17.7 Å². The monoisotopic (exact) mass is 288 g/mol. The first kappa shape index (κ1) is 18.8. The van der Waals surface area contributed by atoms with Crippen molar-refractivity contribution in [1.29, 1.82) is 0 Å². The third kappa shape index (κ3) is 9.37. The molecule has 1 unspecified atom stereocenters. The van der Waals surface area contributed by atoms with Gasteiger partial charge in [-0.05, 0) is 31.9 Å². The first-order valence-electron chi connectivity index (χ1n) is 7.81. The molecule has 0 aliphatic rings. The number of rotatable bonds is 12. The Balaban J connectivity index is 3.56. The van der Waals surface area contributed by atoms with Crippen molar-refractivity contribution in [3.05, 3.63) is 0 Å². The highest BCUT2D eigenvalue weighted by Crippen LogP contribution is 2.26. The highest BCUT2D eigenvalue weighted by molar-refractivity contribution is 8.01. The fourth-order valence-electron chi connectivity index (χ4n) is 2.15. The first-order chi connectivity index (χ1) is 8.94. The quantitative estimate of drug-likeness (QED) is 0.491. The first-order valence-corrected chi connectivity index (χ1v) is 8.80. The normalized spacial score (nSPS) is 13.5. The van der Waals surface area contributed by atoms with Gasteiger partial charge in [0, 0.05) is 0 Å². The summed E-state index contributed by atoms with van der Waals surface area (Å²) in [4.78, 5) is 10.9. The van der Waals surface area contributed by atoms with Gasteiger partial charge in [0.1, 0.15) is 4.75 Å². The van der Waals surface area contributed by atoms with E-state index in [-0.39, 0.29) is 0 Å². The molecule has 0 aromatic rings. The molecule has 1 atom stereocenters. The third-order valence-electron chi connectivity index (χ3n) is 3.78. The van der Waals surface area contributed by atoms with Crippen LogP contribution in [0.2, 0.25) is 0 Å². The number of carboxylic acid groups (broad SMARTS) is 1. The summed E-state index contributed by atoms with van der Waals surface area (Å²) in [6, 6.07) is 0. The number of hydrogen-bond donors (Lipinski definition) is 1. The van der Waals surface area contributed by atoms with Gasteiger partial charge in [0.05, 0.1) is 0 Å². The number of carboxylic acids is 1. The van der Waals surface area contributed by atoms with E-state index in [1.165, 1.54) is 44.9 Å². The van der Waals surface area contributed by atoms with Crippen LogP contribution in [0, 0.1) is 5.92 Å². The van der Waals surface area contributed by atoms with Gasteiger partial charge in [-0.15, -0.1) is 11.8 Å². The molecule has 19 heavy (non-hydrogen) atoms. The van der Waals surface area contributed by atoms with Crippen LogP contribution in [0.4, 0.5) is 0 Å². The van der Waals surface area contributed by atoms with E-state index in [4.69, 9.17) is 5.11 Å². The van der Waals surface area contributed by atoms with Crippen LogP contribution in [0.5, 0.6) is 0 Å². The topological polar surface area (TPSA) is 37.3 Å². The molecule has 0 amide bonds. The Morgan fingerprint density at radius 3 is 2.26 bits per heavy atom. The molecular weight excluding hydrogens is 256 g/mol. The number of aliphatic carboxylic acids is 1. The molecule has 3 heteroatoms. The molecule has 0 spiro atoms. The summed E-state index contributed by atoms with van der Waals surface area (Å²) in [5, 5.41) is 9.01. The summed E-state index contributed by atoms with van der Waals surface area (Å²) in [5.74, 6) is 1.16. The zero-order valence-electron chi connectivity index (χ0n) is 13.2. The van der Waals surface area contributed by atoms with Gasteiger partial charge in [-0.1, -0.05) is 58.8 Å². The van der Waals surface area contributed by atoms with Crippen LogP contribution < -0.4 is 0 Å². The Hall–Kier alpha value is -0.180. The second-order valence-corrected chi connectivity index (χ2v) is 7.65. The van der Waals surface area contributed by atoms with Gasteiger partial charge in [0.15, 0.2) is 0 Å². The molecule has 0 heterocycles. The largest absolute Gasteiger partial charge is 0.480 e. The highest BCUT2D eigenvalue weighted by Gasteiger charge is 2.26. The van der Waals surface area contributed by atoms with Crippen LogP contribution in [-0.4, -0.2) is 21.6 Å². The molecular formula is C16H32O2S. The average Bonchev–Trinajstić information content (AvgIpc) is 2.36. The van der Waals surface area contributed by atoms with E-state index in [0.717, 1.165) is 18.1 Å². The smallest absolute Gasteiger partial charge is 0.319 e. The van der Waals surface area contributed by atoms with Crippen LogP contribution >= 0.6 is 11.8 Å². The van der Waals surface area contributed by atoms with E-state index in [1.807, 2.05) is 0 Å². The predicted molar refractivity (Wildman–Crippen MR) is 85.9 cm³/mol. The molecule has 0 aliphatic heterocycles. The van der Waals surface area contributed by atoms with Crippen molar-refractivity contribution < 1.29 is 9.90 Å². The van der Waals surface area contributed by atoms with E-state index in [0.29, 0.717) is 0 Å². The van der Waals surface area contributed by atoms with Crippen molar-refractivity contribution in [2.45, 2.75) is 83.8 Å². The molecule has 1 N–H and O–H groups in total. The maximum absolute atomic E-state index is 10.9. The zero-order chi connectivity index (χ0) is 14.7. The van der Waals surface area contributed by atoms with Gasteiger partial charge < -0.3 is 5.11 Å². The lowest BCUT2D eigenvalue weighted by atomic mass is 9.93. The van der Waals surface area contributed by atoms with Gasteiger partial charge in [0.2, 0.25) is 0 Å². The van der Waals surface area contributed by atoms with Crippen LogP contribution in [0.3, 0.4) is 0 Å². The summed E-state index contributed by atoms with van der Waals surface area (Å²) in [6.45, 7) is 8.13. The van der Waals surface area contributed by atoms with Crippen LogP contribution in [0.25, 0.3) is 0 Å². The molecule has 114 valence electrons. The molecule has 2 nitrogen and oxygen atoms in total. The van der Waals surface area contributed by atoms with E-state index in [1.54, 1.807) is 25.6 Å². The Morgan fingerprint density at radius 2 is 1.74 bits per heavy atom. The number of carbonyl (C=O) groups is 1. The maximum atomic E-state index is 10.9. The number of unbranched alkanes of at least 4 members (excludes halogenated alkanes) is 3. The van der Waals surface area contributed by atoms with Crippen molar-refractivity contribution in [2.24, 2.45) is 5.92 Å². The van der Waals surface area contributed by atoms with Crippen molar-refractivity contribution in [2.75, 3.05) is 5.75 Å². The number of thioether (sulfide) groups is 1. The standard InChI is InChI=1S/C16H32O2S/c1-5-7-11-14(6-2)12-9-8-10-13-19-16(3,4)15(17)18/h14H,5-13H2,1-4H3,(H,17,18). The zero-order valence-corrected chi connectivity index (χ0v) is 14.0. The fraction of sp³-hybridized carbons (Fsp3) is 0.938. The summed E-state index contributed by atoms with van der Waals surface area (Å²) in [6.07, 6.45) is 10.4. The van der Waals surface area contributed by atoms with Crippen LogP contribution in [0.1, 0.15) is 79.1 Å². The lowest BCUT2D eigenvalue weighted by molar-refractivity contribution is -0.138. The summed E-state index contributed by atoms with van der Waals surface area (Å²) in [5.41, 5.74) is 0. The molecule has 0 rings (SSSR count). The Bertz CT molecular complexity index is 239. The number of hydrogen-bond acceptors (Lipinski definition) is 2.